The van der Waals surface area contributed by atoms with Crippen LogP contribution in [-0.2, 0) is 4.74 Å². The van der Waals surface area contributed by atoms with Crippen LogP contribution < -0.4 is 5.56 Å². The largest absolute Gasteiger partial charge is 0.422 e. The zero-order chi connectivity index (χ0) is 24.3. The van der Waals surface area contributed by atoms with Gasteiger partial charge in [-0.15, -0.1) is 10.2 Å². The Morgan fingerprint density at radius 2 is 1.89 bits per heavy atom. The summed E-state index contributed by atoms with van der Waals surface area (Å²) in [5, 5.41) is 8.66. The van der Waals surface area contributed by atoms with Crippen LogP contribution in [0.3, 0.4) is 0 Å². The Morgan fingerprint density at radius 3 is 2.66 bits per heavy atom. The molecule has 0 spiro atoms. The van der Waals surface area contributed by atoms with Crippen LogP contribution >= 0.6 is 11.6 Å². The number of hydrogen-bond acceptors (Lipinski definition) is 7. The minimum absolute atomic E-state index is 0.0583. The number of ether oxygens (including phenoxy) is 1. The third-order valence-electron chi connectivity index (χ3n) is 6.84. The molecule has 0 N–H and O–H groups in total. The van der Waals surface area contributed by atoms with Crippen LogP contribution in [0.4, 0.5) is 4.39 Å². The summed E-state index contributed by atoms with van der Waals surface area (Å²) in [6, 6.07) is 4.40. The molecule has 4 heterocycles. The Hall–Kier alpha value is -3.17. The van der Waals surface area contributed by atoms with Crippen molar-refractivity contribution in [3.63, 3.8) is 0 Å². The fourth-order valence-electron chi connectivity index (χ4n) is 4.52. The summed E-state index contributed by atoms with van der Waals surface area (Å²) in [6.45, 7) is 3.97. The topological polar surface area (TPSA) is 95.4 Å². The molecule has 2 fully saturated rings. The van der Waals surface area contributed by atoms with Crippen LogP contribution in [0, 0.1) is 19.7 Å². The van der Waals surface area contributed by atoms with Crippen molar-refractivity contribution in [2.75, 3.05) is 6.61 Å². The fourth-order valence-corrected chi connectivity index (χ4v) is 4.68. The van der Waals surface area contributed by atoms with E-state index < -0.39 is 5.82 Å². The average Bonchev–Trinajstić information content (AvgIpc) is 3.59. The van der Waals surface area contributed by atoms with Crippen LogP contribution in [0.5, 0.6) is 0 Å². The summed E-state index contributed by atoms with van der Waals surface area (Å²) in [7, 11) is 0. The first-order valence-corrected chi connectivity index (χ1v) is 12.1. The van der Waals surface area contributed by atoms with Crippen LogP contribution in [0.25, 0.3) is 16.9 Å². The van der Waals surface area contributed by atoms with Crippen molar-refractivity contribution in [2.45, 2.75) is 57.5 Å². The monoisotopic (exact) mass is 495 g/mol. The van der Waals surface area contributed by atoms with Gasteiger partial charge in [0.25, 0.3) is 5.56 Å². The Labute approximate surface area is 205 Å². The number of fused-ring (bicyclic) bond motifs is 1. The van der Waals surface area contributed by atoms with E-state index in [-0.39, 0.29) is 28.2 Å². The first-order valence-electron chi connectivity index (χ1n) is 11.7. The molecule has 1 unspecified atom stereocenters. The molecular formula is C25H23ClFN5O3. The minimum atomic E-state index is -0.528. The lowest BCUT2D eigenvalue weighted by Gasteiger charge is -2.27. The standard InChI is InChI=1S/C25H23ClFN5O3/c1-12-13(2)28-22-21(17-6-5-16(26)10-18(17)27)29-19(11-32(22)25(12)33)15-7-8-34-20(9-15)24-31-30-23(35-24)14-3-4-14/h5-6,10-11,14-15,20H,3-4,7-9H2,1-2H3/t15-,20?/m1/s1. The van der Waals surface area contributed by atoms with Crippen molar-refractivity contribution in [3.05, 3.63) is 74.3 Å². The predicted octanol–water partition coefficient (Wildman–Crippen LogP) is 5.06. The number of nitrogens with zero attached hydrogens (tertiary/aromatic N) is 5. The van der Waals surface area contributed by atoms with E-state index in [9.17, 15) is 9.18 Å². The summed E-state index contributed by atoms with van der Waals surface area (Å²) in [5.41, 5.74) is 2.40. The highest BCUT2D eigenvalue weighted by molar-refractivity contribution is 6.30. The molecule has 1 saturated carbocycles. The maximum Gasteiger partial charge on any atom is 0.261 e. The minimum Gasteiger partial charge on any atom is -0.422 e. The molecule has 4 aromatic rings. The van der Waals surface area contributed by atoms with Crippen LogP contribution in [-0.4, -0.2) is 31.2 Å². The number of benzene rings is 1. The van der Waals surface area contributed by atoms with E-state index in [2.05, 4.69) is 15.2 Å². The summed E-state index contributed by atoms with van der Waals surface area (Å²) in [4.78, 5) is 22.6. The van der Waals surface area contributed by atoms with Crippen molar-refractivity contribution in [2.24, 2.45) is 0 Å². The van der Waals surface area contributed by atoms with Gasteiger partial charge in [0.15, 0.2) is 5.65 Å². The molecule has 2 atom stereocenters. The zero-order valence-electron chi connectivity index (χ0n) is 19.3. The number of rotatable bonds is 4. The molecule has 0 bridgehead atoms. The highest BCUT2D eigenvalue weighted by Crippen LogP contribution is 2.42. The van der Waals surface area contributed by atoms with E-state index in [1.54, 1.807) is 32.2 Å². The van der Waals surface area contributed by atoms with E-state index >= 15 is 0 Å². The highest BCUT2D eigenvalue weighted by atomic mass is 35.5. The quantitative estimate of drug-likeness (QED) is 0.390. The molecule has 8 nitrogen and oxygen atoms in total. The van der Waals surface area contributed by atoms with Crippen molar-refractivity contribution < 1.29 is 13.5 Å². The third kappa shape index (κ3) is 4.02. The molecule has 6 rings (SSSR count). The molecule has 3 aromatic heterocycles. The summed E-state index contributed by atoms with van der Waals surface area (Å²) < 4.78 is 28.3. The van der Waals surface area contributed by atoms with Crippen LogP contribution in [0.1, 0.15) is 72.4 Å². The van der Waals surface area contributed by atoms with Crippen LogP contribution in [0.15, 0.2) is 33.6 Å². The fraction of sp³-hybridized carbons (Fsp3) is 0.400. The number of aromatic nitrogens is 5. The molecule has 180 valence electrons. The lowest BCUT2D eigenvalue weighted by atomic mass is 9.92. The van der Waals surface area contributed by atoms with Gasteiger partial charge >= 0.3 is 0 Å². The number of hydrogen-bond donors (Lipinski definition) is 0. The van der Waals surface area contributed by atoms with Crippen LogP contribution in [0.2, 0.25) is 5.02 Å². The third-order valence-corrected chi connectivity index (χ3v) is 7.08. The Bertz CT molecular complexity index is 1510. The summed E-state index contributed by atoms with van der Waals surface area (Å²) in [5.74, 6) is 0.905. The van der Waals surface area contributed by atoms with Gasteiger partial charge in [-0.25, -0.2) is 14.4 Å². The van der Waals surface area contributed by atoms with Gasteiger partial charge in [0.2, 0.25) is 11.8 Å². The second-order valence-electron chi connectivity index (χ2n) is 9.29. The van der Waals surface area contributed by atoms with Gasteiger partial charge in [-0.2, -0.15) is 0 Å². The van der Waals surface area contributed by atoms with E-state index in [1.165, 1.54) is 10.5 Å². The van der Waals surface area contributed by atoms with E-state index in [0.29, 0.717) is 65.4 Å². The first kappa shape index (κ1) is 22.3. The SMILES string of the molecule is Cc1nc2c(-c3ccc(Cl)cc3F)nc([C@@H]3CCOC(c4nnc(C5CC5)o4)C3)cn2c(=O)c1C. The maximum absolute atomic E-state index is 15.0. The molecule has 1 saturated heterocycles. The van der Waals surface area contributed by atoms with Crippen molar-refractivity contribution in [3.8, 4) is 11.3 Å². The average molecular weight is 496 g/mol. The van der Waals surface area contributed by atoms with E-state index in [0.717, 1.165) is 12.8 Å². The molecule has 0 radical (unpaired) electrons. The summed E-state index contributed by atoms with van der Waals surface area (Å²) in [6.07, 6.45) is 4.74. The van der Waals surface area contributed by atoms with Gasteiger partial charge in [-0.1, -0.05) is 11.6 Å². The zero-order valence-corrected chi connectivity index (χ0v) is 20.0. The van der Waals surface area contributed by atoms with Crippen molar-refractivity contribution in [1.82, 2.24) is 24.6 Å². The van der Waals surface area contributed by atoms with E-state index in [1.807, 2.05) is 0 Å². The first-order chi connectivity index (χ1) is 16.9. The normalized spacial score (nSPS) is 20.5. The molecule has 1 aliphatic carbocycles. The lowest BCUT2D eigenvalue weighted by Crippen LogP contribution is -2.24. The van der Waals surface area contributed by atoms with Gasteiger partial charge < -0.3 is 9.15 Å². The smallest absolute Gasteiger partial charge is 0.261 e. The molecule has 1 aromatic carbocycles. The molecule has 10 heteroatoms. The van der Waals surface area contributed by atoms with Crippen molar-refractivity contribution >= 4 is 17.2 Å². The molecule has 1 aliphatic heterocycles. The van der Waals surface area contributed by atoms with Crippen molar-refractivity contribution in [1.29, 1.82) is 0 Å². The Morgan fingerprint density at radius 1 is 1.09 bits per heavy atom. The van der Waals surface area contributed by atoms with Gasteiger partial charge in [0.05, 0.1) is 5.69 Å². The van der Waals surface area contributed by atoms with Gasteiger partial charge in [-0.3, -0.25) is 9.20 Å². The van der Waals surface area contributed by atoms with E-state index in [4.69, 9.17) is 25.7 Å². The molecule has 35 heavy (non-hydrogen) atoms. The highest BCUT2D eigenvalue weighted by Gasteiger charge is 2.34. The Kier molecular flexibility index (Phi) is 5.41. The number of halogens is 2. The number of aryl methyl sites for hydroxylation is 1. The van der Waals surface area contributed by atoms with Gasteiger partial charge in [0, 0.05) is 46.5 Å². The van der Waals surface area contributed by atoms with Gasteiger partial charge in [-0.05, 0) is 57.7 Å². The lowest BCUT2D eigenvalue weighted by molar-refractivity contribution is -0.0117. The molecule has 2 aliphatic rings. The maximum atomic E-state index is 15.0. The second kappa shape index (κ2) is 8.49. The predicted molar refractivity (Wildman–Crippen MR) is 126 cm³/mol. The molecule has 0 amide bonds. The summed E-state index contributed by atoms with van der Waals surface area (Å²) >= 11 is 5.98. The Balaban J connectivity index is 1.45. The van der Waals surface area contributed by atoms with Gasteiger partial charge in [0.1, 0.15) is 17.6 Å². The second-order valence-corrected chi connectivity index (χ2v) is 9.73. The molecular weight excluding hydrogens is 473 g/mol.